The summed E-state index contributed by atoms with van der Waals surface area (Å²) in [5, 5.41) is 0. The minimum absolute atomic E-state index is 0.331. The lowest BCUT2D eigenvalue weighted by molar-refractivity contribution is -0.143. The molecule has 2 heterocycles. The molecule has 1 aromatic rings. The molecule has 0 spiro atoms. The van der Waals surface area contributed by atoms with Crippen molar-refractivity contribution < 1.29 is 9.53 Å². The first-order valence-corrected chi connectivity index (χ1v) is 4.53. The van der Waals surface area contributed by atoms with Gasteiger partial charge in [-0.05, 0) is 20.2 Å². The van der Waals surface area contributed by atoms with Crippen LogP contribution >= 0.6 is 0 Å². The minimum Gasteiger partial charge on any atom is -0.439 e. The van der Waals surface area contributed by atoms with Crippen molar-refractivity contribution in [2.24, 2.45) is 0 Å². The van der Waals surface area contributed by atoms with E-state index in [0.29, 0.717) is 0 Å². The number of ether oxygens (including phenoxy) is 1. The lowest BCUT2D eigenvalue weighted by Crippen LogP contribution is -2.29. The molecule has 0 amide bonds. The monoisotopic (exact) mass is 205 g/mol. The van der Waals surface area contributed by atoms with Crippen molar-refractivity contribution in [3.63, 3.8) is 0 Å². The molecule has 0 fully saturated rings. The smallest absolute Gasteiger partial charge is 0.333 e. The van der Waals surface area contributed by atoms with E-state index in [-0.39, 0.29) is 12.2 Å². The molecular formula is C10H11N3O2. The summed E-state index contributed by atoms with van der Waals surface area (Å²) in [6.07, 6.45) is 4.20. The van der Waals surface area contributed by atoms with Gasteiger partial charge >= 0.3 is 5.97 Å². The number of hydrogen-bond donors (Lipinski definition) is 0. The molecule has 0 radical (unpaired) electrons. The zero-order valence-electron chi connectivity index (χ0n) is 8.54. The third kappa shape index (κ3) is 1.87. The molecule has 0 saturated heterocycles. The van der Waals surface area contributed by atoms with Gasteiger partial charge in [0.05, 0.1) is 5.69 Å². The molecule has 5 nitrogen and oxygen atoms in total. The number of cyclic esters (lactones) is 1. The van der Waals surface area contributed by atoms with Crippen LogP contribution in [0.1, 0.15) is 5.69 Å². The second kappa shape index (κ2) is 3.78. The van der Waals surface area contributed by atoms with Gasteiger partial charge in [-0.1, -0.05) is 0 Å². The number of likely N-dealkylation sites (N-methyl/N-ethyl adjacent to an activating group) is 1. The summed E-state index contributed by atoms with van der Waals surface area (Å²) in [6, 6.07) is 1.75. The Morgan fingerprint density at radius 1 is 1.47 bits per heavy atom. The second-order valence-corrected chi connectivity index (χ2v) is 3.45. The fourth-order valence-electron chi connectivity index (χ4n) is 1.45. The number of carbonyl (C=O) groups is 1. The third-order valence-electron chi connectivity index (χ3n) is 2.11. The van der Waals surface area contributed by atoms with Crippen molar-refractivity contribution in [3.05, 3.63) is 30.4 Å². The molecule has 1 aliphatic heterocycles. The maximum Gasteiger partial charge on any atom is 0.333 e. The van der Waals surface area contributed by atoms with Gasteiger partial charge in [0.2, 0.25) is 0 Å². The largest absolute Gasteiger partial charge is 0.439 e. The zero-order valence-corrected chi connectivity index (χ0v) is 8.54. The van der Waals surface area contributed by atoms with Gasteiger partial charge in [0, 0.05) is 17.8 Å². The van der Waals surface area contributed by atoms with E-state index in [1.54, 1.807) is 12.3 Å². The molecule has 1 unspecified atom stereocenters. The van der Waals surface area contributed by atoms with Gasteiger partial charge in [-0.2, -0.15) is 0 Å². The van der Waals surface area contributed by atoms with Crippen LogP contribution < -0.4 is 0 Å². The summed E-state index contributed by atoms with van der Waals surface area (Å²) < 4.78 is 5.12. The van der Waals surface area contributed by atoms with Gasteiger partial charge < -0.3 is 4.74 Å². The number of carbonyl (C=O) groups excluding carboxylic acids is 1. The maximum atomic E-state index is 11.2. The molecule has 0 N–H and O–H groups in total. The fraction of sp³-hybridized carbons (Fsp3) is 0.300. The van der Waals surface area contributed by atoms with Crippen molar-refractivity contribution in [2.75, 3.05) is 14.1 Å². The Morgan fingerprint density at radius 2 is 2.27 bits per heavy atom. The van der Waals surface area contributed by atoms with Crippen molar-refractivity contribution in [3.8, 4) is 0 Å². The summed E-state index contributed by atoms with van der Waals surface area (Å²) in [6.45, 7) is 0. The van der Waals surface area contributed by atoms with E-state index in [9.17, 15) is 4.79 Å². The number of esters is 1. The van der Waals surface area contributed by atoms with E-state index in [0.717, 1.165) is 11.3 Å². The first-order chi connectivity index (χ1) is 7.18. The highest BCUT2D eigenvalue weighted by Gasteiger charge is 2.29. The fourth-order valence-corrected chi connectivity index (χ4v) is 1.45. The Morgan fingerprint density at radius 3 is 2.87 bits per heavy atom. The number of rotatable bonds is 2. The Labute approximate surface area is 87.4 Å². The van der Waals surface area contributed by atoms with Crippen molar-refractivity contribution in [1.29, 1.82) is 0 Å². The quantitative estimate of drug-likeness (QED) is 0.650. The lowest BCUT2D eigenvalue weighted by atomic mass is 10.1. The van der Waals surface area contributed by atoms with Gasteiger partial charge in [0.1, 0.15) is 6.33 Å². The van der Waals surface area contributed by atoms with E-state index in [1.165, 1.54) is 12.4 Å². The van der Waals surface area contributed by atoms with Crippen LogP contribution in [0.25, 0.3) is 5.57 Å². The zero-order chi connectivity index (χ0) is 10.8. The Balaban J connectivity index is 2.35. The molecule has 15 heavy (non-hydrogen) atoms. The van der Waals surface area contributed by atoms with Crippen LogP contribution in [-0.4, -0.2) is 41.2 Å². The molecule has 1 aliphatic rings. The average Bonchev–Trinajstić information content (AvgIpc) is 2.62. The van der Waals surface area contributed by atoms with E-state index in [4.69, 9.17) is 4.74 Å². The highest BCUT2D eigenvalue weighted by atomic mass is 16.6. The Bertz CT molecular complexity index is 400. The van der Waals surface area contributed by atoms with Crippen LogP contribution in [0, 0.1) is 0 Å². The summed E-state index contributed by atoms with van der Waals surface area (Å²) in [5.74, 6) is -0.331. The topological polar surface area (TPSA) is 55.3 Å². The van der Waals surface area contributed by atoms with Gasteiger partial charge in [-0.25, -0.2) is 14.8 Å². The van der Waals surface area contributed by atoms with Gasteiger partial charge in [-0.15, -0.1) is 0 Å². The molecular weight excluding hydrogens is 194 g/mol. The standard InChI is InChI=1S/C10H11N3O2/c1-13(2)10-7(5-9(14)15-10)8-3-4-11-6-12-8/h3-6,10H,1-2H3. The first-order valence-electron chi connectivity index (χ1n) is 4.53. The third-order valence-corrected chi connectivity index (χ3v) is 2.11. The molecule has 2 rings (SSSR count). The molecule has 78 valence electrons. The molecule has 0 bridgehead atoms. The van der Waals surface area contributed by atoms with Crippen molar-refractivity contribution in [2.45, 2.75) is 6.23 Å². The van der Waals surface area contributed by atoms with E-state index in [1.807, 2.05) is 19.0 Å². The van der Waals surface area contributed by atoms with Crippen LogP contribution in [-0.2, 0) is 9.53 Å². The van der Waals surface area contributed by atoms with Crippen LogP contribution in [0.15, 0.2) is 24.7 Å². The van der Waals surface area contributed by atoms with Crippen LogP contribution in [0.3, 0.4) is 0 Å². The molecule has 0 saturated carbocycles. The molecule has 1 aromatic heterocycles. The second-order valence-electron chi connectivity index (χ2n) is 3.45. The highest BCUT2D eigenvalue weighted by molar-refractivity contribution is 5.96. The summed E-state index contributed by atoms with van der Waals surface area (Å²) in [4.78, 5) is 20.9. The van der Waals surface area contributed by atoms with Crippen molar-refractivity contribution >= 4 is 11.5 Å². The van der Waals surface area contributed by atoms with Crippen LogP contribution in [0.4, 0.5) is 0 Å². The maximum absolute atomic E-state index is 11.2. The van der Waals surface area contributed by atoms with E-state index in [2.05, 4.69) is 9.97 Å². The van der Waals surface area contributed by atoms with Crippen molar-refractivity contribution in [1.82, 2.24) is 14.9 Å². The first kappa shape index (κ1) is 9.79. The predicted octanol–water partition coefficient (Wildman–Crippen LogP) is 0.304. The number of hydrogen-bond acceptors (Lipinski definition) is 5. The summed E-state index contributed by atoms with van der Waals surface area (Å²) in [7, 11) is 3.69. The van der Waals surface area contributed by atoms with E-state index < -0.39 is 0 Å². The van der Waals surface area contributed by atoms with Gasteiger partial charge in [0.25, 0.3) is 0 Å². The SMILES string of the molecule is CN(C)C1OC(=O)C=C1c1ccncn1. The molecule has 0 aromatic carbocycles. The Hall–Kier alpha value is -1.75. The predicted molar refractivity (Wildman–Crippen MR) is 53.6 cm³/mol. The van der Waals surface area contributed by atoms with Gasteiger partial charge in [-0.3, -0.25) is 4.90 Å². The van der Waals surface area contributed by atoms with E-state index >= 15 is 0 Å². The number of aromatic nitrogens is 2. The Kier molecular flexibility index (Phi) is 2.47. The van der Waals surface area contributed by atoms with Gasteiger partial charge in [0.15, 0.2) is 6.23 Å². The summed E-state index contributed by atoms with van der Waals surface area (Å²) in [5.41, 5.74) is 1.49. The molecule has 1 atom stereocenters. The minimum atomic E-state index is -0.354. The molecule has 5 heteroatoms. The normalized spacial score (nSPS) is 20.3. The average molecular weight is 205 g/mol. The number of nitrogens with zero attached hydrogens (tertiary/aromatic N) is 3. The molecule has 0 aliphatic carbocycles. The van der Waals surface area contributed by atoms with Crippen LogP contribution in [0.2, 0.25) is 0 Å². The lowest BCUT2D eigenvalue weighted by Gasteiger charge is -2.20. The van der Waals surface area contributed by atoms with Crippen LogP contribution in [0.5, 0.6) is 0 Å². The summed E-state index contributed by atoms with van der Waals surface area (Å²) >= 11 is 0. The highest BCUT2D eigenvalue weighted by Crippen LogP contribution is 2.25.